The summed E-state index contributed by atoms with van der Waals surface area (Å²) in [7, 11) is 0. The van der Waals surface area contributed by atoms with E-state index in [4.69, 9.17) is 4.42 Å². The summed E-state index contributed by atoms with van der Waals surface area (Å²) in [6.45, 7) is 8.36. The lowest BCUT2D eigenvalue weighted by Gasteiger charge is -2.02. The van der Waals surface area contributed by atoms with Crippen molar-refractivity contribution in [1.29, 1.82) is 0 Å². The average molecular weight is 251 g/mol. The molecular formula is C17H17NO. The Hall–Kier alpha value is -2.09. The summed E-state index contributed by atoms with van der Waals surface area (Å²) in [6, 6.07) is 10.5. The lowest BCUT2D eigenvalue weighted by Crippen LogP contribution is -1.84. The van der Waals surface area contributed by atoms with Gasteiger partial charge in [0.1, 0.15) is 5.52 Å². The van der Waals surface area contributed by atoms with Crippen LogP contribution in [0.4, 0.5) is 0 Å². The van der Waals surface area contributed by atoms with Crippen LogP contribution in [-0.2, 0) is 0 Å². The van der Waals surface area contributed by atoms with Crippen LogP contribution in [0.3, 0.4) is 0 Å². The Labute approximate surface area is 113 Å². The van der Waals surface area contributed by atoms with Crippen molar-refractivity contribution >= 4 is 11.1 Å². The van der Waals surface area contributed by atoms with Crippen molar-refractivity contribution in [2.75, 3.05) is 0 Å². The third kappa shape index (κ3) is 2.03. The molecule has 2 aromatic carbocycles. The minimum Gasteiger partial charge on any atom is -0.436 e. The third-order valence-corrected chi connectivity index (χ3v) is 3.63. The summed E-state index contributed by atoms with van der Waals surface area (Å²) in [6.07, 6.45) is 0. The molecule has 0 bridgehead atoms. The van der Waals surface area contributed by atoms with Gasteiger partial charge in [0, 0.05) is 5.56 Å². The molecule has 2 heteroatoms. The number of nitrogens with zero attached hydrogens (tertiary/aromatic N) is 1. The highest BCUT2D eigenvalue weighted by Crippen LogP contribution is 2.28. The second-order valence-electron chi connectivity index (χ2n) is 5.24. The molecule has 96 valence electrons. The van der Waals surface area contributed by atoms with Crippen LogP contribution in [0.15, 0.2) is 34.7 Å². The number of oxazole rings is 1. The highest BCUT2D eigenvalue weighted by molar-refractivity contribution is 5.78. The maximum Gasteiger partial charge on any atom is 0.227 e. The summed E-state index contributed by atoms with van der Waals surface area (Å²) in [5.74, 6) is 0.709. The maximum atomic E-state index is 5.91. The molecule has 0 aliphatic heterocycles. The maximum absolute atomic E-state index is 5.91. The second kappa shape index (κ2) is 4.23. The molecule has 0 spiro atoms. The lowest BCUT2D eigenvalue weighted by molar-refractivity contribution is 0.619. The molecule has 0 unspecified atom stereocenters. The van der Waals surface area contributed by atoms with Crippen molar-refractivity contribution in [3.8, 4) is 11.5 Å². The molecule has 3 aromatic rings. The van der Waals surface area contributed by atoms with E-state index in [2.05, 4.69) is 63.0 Å². The van der Waals surface area contributed by atoms with Crippen molar-refractivity contribution < 1.29 is 4.42 Å². The lowest BCUT2D eigenvalue weighted by atomic mass is 10.1. The number of benzene rings is 2. The third-order valence-electron chi connectivity index (χ3n) is 3.63. The molecule has 19 heavy (non-hydrogen) atoms. The van der Waals surface area contributed by atoms with Gasteiger partial charge in [-0.15, -0.1) is 0 Å². The molecular weight excluding hydrogens is 234 g/mol. The molecule has 2 nitrogen and oxygen atoms in total. The van der Waals surface area contributed by atoms with E-state index >= 15 is 0 Å². The van der Waals surface area contributed by atoms with Crippen LogP contribution in [0.25, 0.3) is 22.6 Å². The Morgan fingerprint density at radius 1 is 0.842 bits per heavy atom. The Kier molecular flexibility index (Phi) is 2.67. The van der Waals surface area contributed by atoms with Gasteiger partial charge in [0.15, 0.2) is 5.58 Å². The minimum atomic E-state index is 0.709. The van der Waals surface area contributed by atoms with Crippen LogP contribution in [0.5, 0.6) is 0 Å². The predicted molar refractivity (Wildman–Crippen MR) is 78.4 cm³/mol. The number of fused-ring (bicyclic) bond motifs is 1. The monoisotopic (exact) mass is 251 g/mol. The zero-order chi connectivity index (χ0) is 13.6. The fourth-order valence-electron chi connectivity index (χ4n) is 2.26. The average Bonchev–Trinajstić information content (AvgIpc) is 2.75. The summed E-state index contributed by atoms with van der Waals surface area (Å²) in [5.41, 5.74) is 7.75. The van der Waals surface area contributed by atoms with E-state index in [0.29, 0.717) is 5.89 Å². The first-order chi connectivity index (χ1) is 9.04. The van der Waals surface area contributed by atoms with Crippen molar-refractivity contribution in [2.24, 2.45) is 0 Å². The molecule has 0 amide bonds. The van der Waals surface area contributed by atoms with Gasteiger partial charge in [0.25, 0.3) is 0 Å². The topological polar surface area (TPSA) is 26.0 Å². The Balaban J connectivity index is 2.23. The minimum absolute atomic E-state index is 0.709. The highest BCUT2D eigenvalue weighted by atomic mass is 16.3. The highest BCUT2D eigenvalue weighted by Gasteiger charge is 2.11. The van der Waals surface area contributed by atoms with Crippen molar-refractivity contribution in [2.45, 2.75) is 27.7 Å². The van der Waals surface area contributed by atoms with E-state index < -0.39 is 0 Å². The molecule has 3 rings (SSSR count). The molecule has 0 aliphatic rings. The summed E-state index contributed by atoms with van der Waals surface area (Å²) in [5, 5.41) is 0. The van der Waals surface area contributed by atoms with Gasteiger partial charge in [-0.2, -0.15) is 0 Å². The standard InChI is InChI=1S/C17H17NO/c1-10-5-6-11(2)14(7-10)17-18-15-8-12(3)13(4)9-16(15)19-17/h5-9H,1-4H3. The van der Waals surface area contributed by atoms with Gasteiger partial charge in [-0.05, 0) is 62.6 Å². The van der Waals surface area contributed by atoms with Crippen molar-refractivity contribution in [1.82, 2.24) is 4.98 Å². The molecule has 0 saturated carbocycles. The van der Waals surface area contributed by atoms with E-state index in [9.17, 15) is 0 Å². The summed E-state index contributed by atoms with van der Waals surface area (Å²) in [4.78, 5) is 4.62. The Bertz CT molecular complexity index is 729. The van der Waals surface area contributed by atoms with Gasteiger partial charge in [0.05, 0.1) is 0 Å². The van der Waals surface area contributed by atoms with E-state index in [1.807, 2.05) is 0 Å². The second-order valence-corrected chi connectivity index (χ2v) is 5.24. The normalized spacial score (nSPS) is 11.2. The van der Waals surface area contributed by atoms with Crippen LogP contribution in [0.2, 0.25) is 0 Å². The molecule has 0 aliphatic carbocycles. The summed E-state index contributed by atoms with van der Waals surface area (Å²) < 4.78 is 5.91. The summed E-state index contributed by atoms with van der Waals surface area (Å²) >= 11 is 0. The number of aryl methyl sites for hydroxylation is 4. The fraction of sp³-hybridized carbons (Fsp3) is 0.235. The molecule has 0 fully saturated rings. The molecule has 1 aromatic heterocycles. The number of rotatable bonds is 1. The first-order valence-electron chi connectivity index (χ1n) is 6.50. The van der Waals surface area contributed by atoms with E-state index in [0.717, 1.165) is 16.7 Å². The zero-order valence-electron chi connectivity index (χ0n) is 11.7. The van der Waals surface area contributed by atoms with Crippen LogP contribution in [-0.4, -0.2) is 4.98 Å². The van der Waals surface area contributed by atoms with Gasteiger partial charge in [-0.1, -0.05) is 17.7 Å². The molecule has 0 atom stereocenters. The van der Waals surface area contributed by atoms with Crippen LogP contribution in [0.1, 0.15) is 22.3 Å². The fourth-order valence-corrected chi connectivity index (χ4v) is 2.26. The van der Waals surface area contributed by atoms with Gasteiger partial charge in [-0.3, -0.25) is 0 Å². The predicted octanol–water partition coefficient (Wildman–Crippen LogP) is 4.73. The molecule has 1 heterocycles. The number of aromatic nitrogens is 1. The molecule has 0 saturated heterocycles. The quantitative estimate of drug-likeness (QED) is 0.625. The first-order valence-corrected chi connectivity index (χ1v) is 6.50. The van der Waals surface area contributed by atoms with E-state index in [-0.39, 0.29) is 0 Å². The number of hydrogen-bond acceptors (Lipinski definition) is 2. The van der Waals surface area contributed by atoms with Gasteiger partial charge in [-0.25, -0.2) is 4.98 Å². The number of hydrogen-bond donors (Lipinski definition) is 0. The molecule has 0 N–H and O–H groups in total. The van der Waals surface area contributed by atoms with Crippen LogP contribution in [0, 0.1) is 27.7 Å². The van der Waals surface area contributed by atoms with Gasteiger partial charge >= 0.3 is 0 Å². The van der Waals surface area contributed by atoms with Gasteiger partial charge in [0.2, 0.25) is 5.89 Å². The van der Waals surface area contributed by atoms with Gasteiger partial charge < -0.3 is 4.42 Å². The van der Waals surface area contributed by atoms with E-state index in [1.54, 1.807) is 0 Å². The largest absolute Gasteiger partial charge is 0.436 e. The first kappa shape index (κ1) is 12.0. The SMILES string of the molecule is Cc1ccc(C)c(-c2nc3cc(C)c(C)cc3o2)c1. The Morgan fingerprint density at radius 3 is 2.37 bits per heavy atom. The Morgan fingerprint density at radius 2 is 1.58 bits per heavy atom. The van der Waals surface area contributed by atoms with Crippen molar-refractivity contribution in [3.63, 3.8) is 0 Å². The van der Waals surface area contributed by atoms with E-state index in [1.165, 1.54) is 22.3 Å². The molecule has 0 radical (unpaired) electrons. The van der Waals surface area contributed by atoms with Crippen LogP contribution >= 0.6 is 0 Å². The smallest absolute Gasteiger partial charge is 0.227 e. The zero-order valence-corrected chi connectivity index (χ0v) is 11.7. The van der Waals surface area contributed by atoms with Crippen molar-refractivity contribution in [3.05, 3.63) is 52.6 Å². The van der Waals surface area contributed by atoms with Crippen LogP contribution < -0.4 is 0 Å².